The second kappa shape index (κ2) is 10.1. The third-order valence-corrected chi connectivity index (χ3v) is 6.32. The van der Waals surface area contributed by atoms with E-state index in [4.69, 9.17) is 4.98 Å². The molecule has 0 spiro atoms. The van der Waals surface area contributed by atoms with Crippen LogP contribution in [0.1, 0.15) is 49.0 Å². The lowest BCUT2D eigenvalue weighted by atomic mass is 10.0. The summed E-state index contributed by atoms with van der Waals surface area (Å²) in [6, 6.07) is 15.9. The van der Waals surface area contributed by atoms with Gasteiger partial charge in [-0.2, -0.15) is 0 Å². The van der Waals surface area contributed by atoms with Gasteiger partial charge in [0.1, 0.15) is 0 Å². The first-order valence-corrected chi connectivity index (χ1v) is 11.7. The molecule has 0 radical (unpaired) electrons. The highest BCUT2D eigenvalue weighted by Crippen LogP contribution is 2.27. The summed E-state index contributed by atoms with van der Waals surface area (Å²) < 4.78 is 0. The Labute approximate surface area is 195 Å². The van der Waals surface area contributed by atoms with Gasteiger partial charge in [0.05, 0.1) is 16.8 Å². The van der Waals surface area contributed by atoms with Gasteiger partial charge in [-0.25, -0.2) is 4.98 Å². The first-order chi connectivity index (χ1) is 15.9. The Balaban J connectivity index is 1.57. The van der Waals surface area contributed by atoms with Crippen molar-refractivity contribution in [2.45, 2.75) is 46.1 Å². The molecule has 1 saturated heterocycles. The molecule has 6 heteroatoms. The van der Waals surface area contributed by atoms with Crippen LogP contribution in [0, 0.1) is 6.92 Å². The number of likely N-dealkylation sites (tertiary alicyclic amines) is 1. The molecule has 4 rings (SSSR count). The van der Waals surface area contributed by atoms with Crippen molar-refractivity contribution in [1.82, 2.24) is 15.2 Å². The van der Waals surface area contributed by atoms with Gasteiger partial charge in [-0.05, 0) is 76.5 Å². The summed E-state index contributed by atoms with van der Waals surface area (Å²) in [5, 5.41) is 6.77. The van der Waals surface area contributed by atoms with Crippen LogP contribution in [-0.4, -0.2) is 47.4 Å². The predicted octanol–water partition coefficient (Wildman–Crippen LogP) is 4.77. The molecule has 3 aromatic rings. The van der Waals surface area contributed by atoms with Crippen LogP contribution in [0.5, 0.6) is 0 Å². The Morgan fingerprint density at radius 2 is 1.79 bits per heavy atom. The standard InChI is InChI=1S/C27H32N4O2/c1-18-6-11-25-23(16-18)24(27(33)28-13-12-19(2)31-14-4-5-15-31)17-26(30-25)21-7-9-22(10-8-21)29-20(3)32/h6-11,16-17,19H,4-5,12-15H2,1-3H3,(H,28,33)(H,29,32). The lowest BCUT2D eigenvalue weighted by Gasteiger charge is -2.23. The Bertz CT molecular complexity index is 1150. The lowest BCUT2D eigenvalue weighted by molar-refractivity contribution is -0.114. The van der Waals surface area contributed by atoms with Gasteiger partial charge >= 0.3 is 0 Å². The van der Waals surface area contributed by atoms with Gasteiger partial charge in [-0.1, -0.05) is 23.8 Å². The van der Waals surface area contributed by atoms with Crippen LogP contribution in [-0.2, 0) is 4.79 Å². The molecule has 0 bridgehead atoms. The van der Waals surface area contributed by atoms with Crippen molar-refractivity contribution in [3.63, 3.8) is 0 Å². The number of aromatic nitrogens is 1. The molecule has 1 aliphatic heterocycles. The van der Waals surface area contributed by atoms with Crippen LogP contribution in [0.2, 0.25) is 0 Å². The van der Waals surface area contributed by atoms with E-state index in [2.05, 4.69) is 22.5 Å². The average molecular weight is 445 g/mol. The number of benzene rings is 2. The fraction of sp³-hybridized carbons (Fsp3) is 0.370. The molecule has 1 fully saturated rings. The topological polar surface area (TPSA) is 74.3 Å². The van der Waals surface area contributed by atoms with Gasteiger partial charge in [0.15, 0.2) is 0 Å². The van der Waals surface area contributed by atoms with Crippen molar-refractivity contribution >= 4 is 28.4 Å². The maximum atomic E-state index is 13.2. The average Bonchev–Trinajstić information content (AvgIpc) is 3.33. The van der Waals surface area contributed by atoms with Crippen molar-refractivity contribution in [1.29, 1.82) is 0 Å². The van der Waals surface area contributed by atoms with Crippen LogP contribution < -0.4 is 10.6 Å². The smallest absolute Gasteiger partial charge is 0.252 e. The normalized spacial score (nSPS) is 14.9. The van der Waals surface area contributed by atoms with E-state index in [0.29, 0.717) is 18.2 Å². The van der Waals surface area contributed by atoms with Crippen LogP contribution in [0.3, 0.4) is 0 Å². The van der Waals surface area contributed by atoms with E-state index < -0.39 is 0 Å². The number of hydrogen-bond donors (Lipinski definition) is 2. The highest BCUT2D eigenvalue weighted by molar-refractivity contribution is 6.07. The molecule has 33 heavy (non-hydrogen) atoms. The SMILES string of the molecule is CC(=O)Nc1ccc(-c2cc(C(=O)NCCC(C)N3CCCC3)c3cc(C)ccc3n2)cc1. The van der Waals surface area contributed by atoms with Gasteiger partial charge in [-0.15, -0.1) is 0 Å². The summed E-state index contributed by atoms with van der Waals surface area (Å²) in [6.07, 6.45) is 3.48. The largest absolute Gasteiger partial charge is 0.352 e. The summed E-state index contributed by atoms with van der Waals surface area (Å²) in [5.74, 6) is -0.183. The van der Waals surface area contributed by atoms with Crippen molar-refractivity contribution in [2.75, 3.05) is 25.0 Å². The first kappa shape index (κ1) is 22.9. The number of amides is 2. The maximum absolute atomic E-state index is 13.2. The minimum atomic E-state index is -0.111. The Hall–Kier alpha value is -3.25. The molecule has 6 nitrogen and oxygen atoms in total. The fourth-order valence-corrected chi connectivity index (χ4v) is 4.46. The van der Waals surface area contributed by atoms with E-state index >= 15 is 0 Å². The Morgan fingerprint density at radius 3 is 2.48 bits per heavy atom. The molecule has 1 atom stereocenters. The van der Waals surface area contributed by atoms with E-state index in [1.54, 1.807) is 0 Å². The molecule has 2 amide bonds. The molecule has 2 N–H and O–H groups in total. The summed E-state index contributed by atoms with van der Waals surface area (Å²) in [4.78, 5) is 31.8. The summed E-state index contributed by atoms with van der Waals surface area (Å²) in [7, 11) is 0. The van der Waals surface area contributed by atoms with Crippen molar-refractivity contribution in [3.8, 4) is 11.3 Å². The van der Waals surface area contributed by atoms with Crippen molar-refractivity contribution < 1.29 is 9.59 Å². The number of carbonyl (C=O) groups excluding carboxylic acids is 2. The minimum Gasteiger partial charge on any atom is -0.352 e. The quantitative estimate of drug-likeness (QED) is 0.550. The van der Waals surface area contributed by atoms with Crippen LogP contribution >= 0.6 is 0 Å². The highest BCUT2D eigenvalue weighted by atomic mass is 16.2. The van der Waals surface area contributed by atoms with Crippen LogP contribution in [0.15, 0.2) is 48.5 Å². The summed E-state index contributed by atoms with van der Waals surface area (Å²) in [5.41, 5.74) is 4.87. The number of hydrogen-bond acceptors (Lipinski definition) is 4. The molecule has 172 valence electrons. The van der Waals surface area contributed by atoms with Crippen molar-refractivity contribution in [2.24, 2.45) is 0 Å². The fourth-order valence-electron chi connectivity index (χ4n) is 4.46. The van der Waals surface area contributed by atoms with Crippen LogP contribution in [0.4, 0.5) is 5.69 Å². The van der Waals surface area contributed by atoms with E-state index in [-0.39, 0.29) is 11.8 Å². The number of pyridine rings is 1. The third-order valence-electron chi connectivity index (χ3n) is 6.32. The van der Waals surface area contributed by atoms with Gasteiger partial charge in [0, 0.05) is 36.1 Å². The van der Waals surface area contributed by atoms with Gasteiger partial charge < -0.3 is 15.5 Å². The Kier molecular flexibility index (Phi) is 7.04. The number of rotatable bonds is 7. The molecule has 1 unspecified atom stereocenters. The van der Waals surface area contributed by atoms with E-state index in [1.165, 1.54) is 19.8 Å². The van der Waals surface area contributed by atoms with Gasteiger partial charge in [0.2, 0.25) is 5.91 Å². The number of anilines is 1. The number of nitrogens with one attached hydrogen (secondary N) is 2. The number of carbonyl (C=O) groups is 2. The zero-order chi connectivity index (χ0) is 23.4. The molecular formula is C27H32N4O2. The summed E-state index contributed by atoms with van der Waals surface area (Å²) >= 11 is 0. The molecule has 2 aromatic carbocycles. The number of fused-ring (bicyclic) bond motifs is 1. The maximum Gasteiger partial charge on any atom is 0.252 e. The molecule has 2 heterocycles. The highest BCUT2D eigenvalue weighted by Gasteiger charge is 2.19. The molecule has 0 aliphatic carbocycles. The second-order valence-electron chi connectivity index (χ2n) is 8.97. The molecule has 1 aliphatic rings. The third kappa shape index (κ3) is 5.57. The zero-order valence-electron chi connectivity index (χ0n) is 19.6. The van der Waals surface area contributed by atoms with Crippen LogP contribution in [0.25, 0.3) is 22.2 Å². The molecule has 1 aromatic heterocycles. The summed E-state index contributed by atoms with van der Waals surface area (Å²) in [6.45, 7) is 8.71. The van der Waals surface area contributed by atoms with E-state index in [0.717, 1.165) is 52.9 Å². The first-order valence-electron chi connectivity index (χ1n) is 11.7. The predicted molar refractivity (Wildman–Crippen MR) is 133 cm³/mol. The lowest BCUT2D eigenvalue weighted by Crippen LogP contribution is -2.34. The molecule has 0 saturated carbocycles. The van der Waals surface area contributed by atoms with E-state index in [9.17, 15) is 9.59 Å². The number of aryl methyl sites for hydroxylation is 1. The minimum absolute atomic E-state index is 0.0715. The number of nitrogens with zero attached hydrogens (tertiary/aromatic N) is 2. The monoisotopic (exact) mass is 444 g/mol. The Morgan fingerprint density at radius 1 is 1.06 bits per heavy atom. The van der Waals surface area contributed by atoms with E-state index in [1.807, 2.05) is 55.5 Å². The molecular weight excluding hydrogens is 412 g/mol. The van der Waals surface area contributed by atoms with Crippen molar-refractivity contribution in [3.05, 3.63) is 59.7 Å². The van der Waals surface area contributed by atoms with Gasteiger partial charge in [-0.3, -0.25) is 9.59 Å². The zero-order valence-corrected chi connectivity index (χ0v) is 19.6. The van der Waals surface area contributed by atoms with Gasteiger partial charge in [0.25, 0.3) is 5.91 Å². The second-order valence-corrected chi connectivity index (χ2v) is 8.97.